The summed E-state index contributed by atoms with van der Waals surface area (Å²) in [5.41, 5.74) is 4.46. The molecule has 0 spiro atoms. The van der Waals surface area contributed by atoms with Crippen molar-refractivity contribution >= 4 is 17.6 Å². The number of hydrogen-bond acceptors (Lipinski definition) is 4. The van der Waals surface area contributed by atoms with Gasteiger partial charge in [0, 0.05) is 57.2 Å². The first kappa shape index (κ1) is 21.4. The summed E-state index contributed by atoms with van der Waals surface area (Å²) in [4.78, 5) is 31.1. The van der Waals surface area contributed by atoms with E-state index in [0.717, 1.165) is 56.1 Å². The number of fused-ring (bicyclic) bond motifs is 1. The van der Waals surface area contributed by atoms with Gasteiger partial charge in [-0.1, -0.05) is 18.2 Å². The number of para-hydroxylation sites is 1. The monoisotopic (exact) mass is 424 g/mol. The Labute approximate surface area is 183 Å². The second-order valence-corrected chi connectivity index (χ2v) is 8.42. The Balaban J connectivity index is 1.16. The maximum Gasteiger partial charge on any atom is 0.317 e. The number of benzene rings is 1. The summed E-state index contributed by atoms with van der Waals surface area (Å²) in [6.07, 6.45) is 1.77. The summed E-state index contributed by atoms with van der Waals surface area (Å²) in [5, 5.41) is 7.46. The summed E-state index contributed by atoms with van der Waals surface area (Å²) in [7, 11) is 0. The third kappa shape index (κ3) is 5.07. The van der Waals surface area contributed by atoms with Crippen molar-refractivity contribution in [2.75, 3.05) is 50.7 Å². The minimum Gasteiger partial charge on any atom is -0.338 e. The zero-order valence-corrected chi connectivity index (χ0v) is 18.5. The van der Waals surface area contributed by atoms with Crippen LogP contribution in [-0.2, 0) is 17.8 Å². The van der Waals surface area contributed by atoms with Gasteiger partial charge in [0.15, 0.2) is 0 Å². The van der Waals surface area contributed by atoms with Gasteiger partial charge < -0.3 is 15.1 Å². The van der Waals surface area contributed by atoms with Gasteiger partial charge in [0.05, 0.1) is 12.2 Å². The van der Waals surface area contributed by atoms with Crippen LogP contribution in [0.3, 0.4) is 0 Å². The average Bonchev–Trinajstić information content (AvgIpc) is 3.34. The maximum atomic E-state index is 12.8. The Morgan fingerprint density at radius 3 is 2.58 bits per heavy atom. The predicted molar refractivity (Wildman–Crippen MR) is 120 cm³/mol. The number of piperazine rings is 1. The van der Waals surface area contributed by atoms with Crippen LogP contribution in [0.25, 0.3) is 0 Å². The molecule has 0 aliphatic carbocycles. The van der Waals surface area contributed by atoms with Crippen LogP contribution in [0.4, 0.5) is 10.5 Å². The first-order chi connectivity index (χ1) is 15.0. The molecule has 3 heterocycles. The molecule has 0 unspecified atom stereocenters. The molecular formula is C23H32N6O2. The molecule has 0 atom stereocenters. The van der Waals surface area contributed by atoms with E-state index in [4.69, 9.17) is 0 Å². The molecule has 1 aromatic carbocycles. The fourth-order valence-corrected chi connectivity index (χ4v) is 4.42. The molecule has 1 fully saturated rings. The standard InChI is InChI=1S/C23H32N6O2/c1-18-16-19(2)29(25-18)10-5-9-24-23(31)27-14-12-26(13-15-27)17-22(30)28-11-8-20-6-3-4-7-21(20)28/h3-4,6-7,16H,5,8-15,17H2,1-2H3,(H,24,31). The van der Waals surface area contributed by atoms with Crippen molar-refractivity contribution in [3.8, 4) is 0 Å². The smallest absolute Gasteiger partial charge is 0.317 e. The molecule has 4 rings (SSSR count). The summed E-state index contributed by atoms with van der Waals surface area (Å²) < 4.78 is 1.98. The second-order valence-electron chi connectivity index (χ2n) is 8.42. The lowest BCUT2D eigenvalue weighted by atomic mass is 10.2. The second kappa shape index (κ2) is 9.51. The Morgan fingerprint density at radius 2 is 1.84 bits per heavy atom. The summed E-state index contributed by atoms with van der Waals surface area (Å²) in [5.74, 6) is 0.145. The molecule has 0 bridgehead atoms. The summed E-state index contributed by atoms with van der Waals surface area (Å²) in [6, 6.07) is 10.2. The van der Waals surface area contributed by atoms with Crippen LogP contribution in [0.2, 0.25) is 0 Å². The van der Waals surface area contributed by atoms with Crippen molar-refractivity contribution in [2.24, 2.45) is 0 Å². The van der Waals surface area contributed by atoms with Crippen LogP contribution >= 0.6 is 0 Å². The number of anilines is 1. The van der Waals surface area contributed by atoms with Crippen molar-refractivity contribution in [1.29, 1.82) is 0 Å². The highest BCUT2D eigenvalue weighted by Crippen LogP contribution is 2.27. The first-order valence-electron chi connectivity index (χ1n) is 11.2. The van der Waals surface area contributed by atoms with Crippen LogP contribution in [0.1, 0.15) is 23.4 Å². The molecule has 0 saturated carbocycles. The van der Waals surface area contributed by atoms with Gasteiger partial charge in [-0.15, -0.1) is 0 Å². The Morgan fingerprint density at radius 1 is 1.06 bits per heavy atom. The van der Waals surface area contributed by atoms with E-state index in [2.05, 4.69) is 27.4 Å². The maximum absolute atomic E-state index is 12.8. The number of aromatic nitrogens is 2. The first-order valence-corrected chi connectivity index (χ1v) is 11.2. The topological polar surface area (TPSA) is 73.7 Å². The summed E-state index contributed by atoms with van der Waals surface area (Å²) in [6.45, 7) is 9.37. The lowest BCUT2D eigenvalue weighted by Crippen LogP contribution is -2.53. The normalized spacial score (nSPS) is 16.5. The molecular weight excluding hydrogens is 392 g/mol. The van der Waals surface area contributed by atoms with Crippen molar-refractivity contribution in [3.63, 3.8) is 0 Å². The molecule has 1 N–H and O–H groups in total. The number of hydrogen-bond donors (Lipinski definition) is 1. The van der Waals surface area contributed by atoms with Crippen LogP contribution in [-0.4, -0.2) is 77.3 Å². The number of carbonyl (C=O) groups excluding carboxylic acids is 2. The molecule has 2 aliphatic heterocycles. The average molecular weight is 425 g/mol. The van der Waals surface area contributed by atoms with Crippen LogP contribution < -0.4 is 10.2 Å². The molecule has 1 aromatic heterocycles. The SMILES string of the molecule is Cc1cc(C)n(CCCNC(=O)N2CCN(CC(=O)N3CCc4ccccc43)CC2)n1. The highest BCUT2D eigenvalue weighted by atomic mass is 16.2. The summed E-state index contributed by atoms with van der Waals surface area (Å²) >= 11 is 0. The van der Waals surface area contributed by atoms with E-state index in [1.165, 1.54) is 5.56 Å². The lowest BCUT2D eigenvalue weighted by molar-refractivity contribution is -0.120. The van der Waals surface area contributed by atoms with E-state index >= 15 is 0 Å². The van der Waals surface area contributed by atoms with Gasteiger partial charge in [0.1, 0.15) is 0 Å². The largest absolute Gasteiger partial charge is 0.338 e. The molecule has 0 radical (unpaired) electrons. The zero-order valence-electron chi connectivity index (χ0n) is 18.5. The number of nitrogens with zero attached hydrogens (tertiary/aromatic N) is 5. The van der Waals surface area contributed by atoms with Gasteiger partial charge in [-0.05, 0) is 44.4 Å². The van der Waals surface area contributed by atoms with Crippen LogP contribution in [0.15, 0.2) is 30.3 Å². The fraction of sp³-hybridized carbons (Fsp3) is 0.522. The van der Waals surface area contributed by atoms with E-state index in [9.17, 15) is 9.59 Å². The van der Waals surface area contributed by atoms with E-state index < -0.39 is 0 Å². The Hall–Kier alpha value is -2.87. The van der Waals surface area contributed by atoms with E-state index in [1.807, 2.05) is 46.5 Å². The number of rotatable bonds is 6. The molecule has 8 nitrogen and oxygen atoms in total. The van der Waals surface area contributed by atoms with Gasteiger partial charge in [0.25, 0.3) is 0 Å². The van der Waals surface area contributed by atoms with Crippen LogP contribution in [0, 0.1) is 13.8 Å². The number of nitrogens with one attached hydrogen (secondary N) is 1. The van der Waals surface area contributed by atoms with Gasteiger partial charge in [-0.25, -0.2) is 4.79 Å². The predicted octanol–water partition coefficient (Wildman–Crippen LogP) is 1.81. The fourth-order valence-electron chi connectivity index (χ4n) is 4.42. The zero-order chi connectivity index (χ0) is 21.8. The molecule has 31 heavy (non-hydrogen) atoms. The highest BCUT2D eigenvalue weighted by molar-refractivity contribution is 5.96. The number of urea groups is 1. The number of amides is 3. The molecule has 2 aromatic rings. The minimum atomic E-state index is -0.0205. The molecule has 1 saturated heterocycles. The van der Waals surface area contributed by atoms with Crippen molar-refractivity contribution < 1.29 is 9.59 Å². The number of carbonyl (C=O) groups is 2. The number of aryl methyl sites for hydroxylation is 3. The van der Waals surface area contributed by atoms with Crippen molar-refractivity contribution in [2.45, 2.75) is 33.2 Å². The third-order valence-corrected chi connectivity index (χ3v) is 6.13. The van der Waals surface area contributed by atoms with E-state index in [-0.39, 0.29) is 11.9 Å². The van der Waals surface area contributed by atoms with Gasteiger partial charge in [0.2, 0.25) is 5.91 Å². The molecule has 3 amide bonds. The van der Waals surface area contributed by atoms with Crippen molar-refractivity contribution in [1.82, 2.24) is 24.9 Å². The van der Waals surface area contributed by atoms with Gasteiger partial charge in [-0.2, -0.15) is 5.10 Å². The van der Waals surface area contributed by atoms with Gasteiger partial charge >= 0.3 is 6.03 Å². The van der Waals surface area contributed by atoms with Crippen LogP contribution in [0.5, 0.6) is 0 Å². The Kier molecular flexibility index (Phi) is 6.56. The molecule has 2 aliphatic rings. The Bertz CT molecular complexity index is 932. The molecule has 8 heteroatoms. The van der Waals surface area contributed by atoms with E-state index in [1.54, 1.807) is 0 Å². The highest BCUT2D eigenvalue weighted by Gasteiger charge is 2.27. The van der Waals surface area contributed by atoms with Gasteiger partial charge in [-0.3, -0.25) is 14.4 Å². The van der Waals surface area contributed by atoms with Crippen molar-refractivity contribution in [3.05, 3.63) is 47.3 Å². The molecule has 166 valence electrons. The lowest BCUT2D eigenvalue weighted by Gasteiger charge is -2.35. The van der Waals surface area contributed by atoms with E-state index in [0.29, 0.717) is 26.2 Å². The third-order valence-electron chi connectivity index (χ3n) is 6.13. The minimum absolute atomic E-state index is 0.0205. The quantitative estimate of drug-likeness (QED) is 0.718.